The first kappa shape index (κ1) is 18.6. The molecule has 0 aromatic heterocycles. The molecule has 1 aromatic carbocycles. The van der Waals surface area contributed by atoms with Gasteiger partial charge in [-0.1, -0.05) is 12.1 Å². The zero-order chi connectivity index (χ0) is 18.0. The Morgan fingerprint density at radius 3 is 2.46 bits per heavy atom. The van der Waals surface area contributed by atoms with Gasteiger partial charge in [-0.3, -0.25) is 4.79 Å². The summed E-state index contributed by atoms with van der Waals surface area (Å²) in [5.41, 5.74) is 0.622. The molecule has 1 aromatic rings. The highest BCUT2D eigenvalue weighted by Crippen LogP contribution is 2.25. The minimum absolute atomic E-state index is 0.0261. The van der Waals surface area contributed by atoms with Crippen LogP contribution in [0.5, 0.6) is 5.75 Å². The highest BCUT2D eigenvalue weighted by molar-refractivity contribution is 7.91. The first-order valence-corrected chi connectivity index (χ1v) is 9.22. The minimum atomic E-state index is -4.75. The van der Waals surface area contributed by atoms with Gasteiger partial charge in [-0.05, 0) is 37.0 Å². The third-order valence-corrected chi connectivity index (χ3v) is 5.63. The molecule has 1 amide bonds. The third kappa shape index (κ3) is 5.70. The highest BCUT2D eigenvalue weighted by Gasteiger charge is 2.31. The largest absolute Gasteiger partial charge is 0.573 e. The summed E-state index contributed by atoms with van der Waals surface area (Å²) < 4.78 is 62.8. The summed E-state index contributed by atoms with van der Waals surface area (Å²) in [5, 5.41) is 2.72. The van der Waals surface area contributed by atoms with Gasteiger partial charge in [-0.15, -0.1) is 13.2 Å². The van der Waals surface area contributed by atoms with Gasteiger partial charge in [0.1, 0.15) is 5.75 Å². The molecule has 1 saturated heterocycles. The summed E-state index contributed by atoms with van der Waals surface area (Å²) >= 11 is 0. The maximum absolute atomic E-state index is 12.1. The van der Waals surface area contributed by atoms with E-state index >= 15 is 0 Å². The van der Waals surface area contributed by atoms with Gasteiger partial charge < -0.3 is 10.1 Å². The molecule has 0 radical (unpaired) electrons. The molecule has 1 N–H and O–H groups in total. The number of hydrogen-bond donors (Lipinski definition) is 1. The Morgan fingerprint density at radius 2 is 1.96 bits per heavy atom. The molecular weight excluding hydrogens is 347 g/mol. The van der Waals surface area contributed by atoms with Crippen LogP contribution in [0.15, 0.2) is 24.3 Å². The van der Waals surface area contributed by atoms with Crippen LogP contribution < -0.4 is 10.1 Å². The van der Waals surface area contributed by atoms with Gasteiger partial charge in [0.25, 0.3) is 0 Å². The second-order valence-electron chi connectivity index (χ2n) is 5.88. The Kier molecular flexibility index (Phi) is 5.42. The minimum Gasteiger partial charge on any atom is -0.406 e. The number of alkyl halides is 3. The number of benzene rings is 1. The number of nitrogens with one attached hydrogen (secondary N) is 1. The van der Waals surface area contributed by atoms with Crippen LogP contribution in [0.3, 0.4) is 0 Å². The molecule has 2 unspecified atom stereocenters. The number of ether oxygens (including phenoxy) is 1. The molecule has 1 aliphatic rings. The molecule has 1 heterocycles. The van der Waals surface area contributed by atoms with Crippen LogP contribution in [-0.2, 0) is 14.6 Å². The number of hydrogen-bond acceptors (Lipinski definition) is 4. The molecule has 0 aliphatic carbocycles. The van der Waals surface area contributed by atoms with E-state index in [1.807, 2.05) is 0 Å². The molecule has 0 bridgehead atoms. The number of rotatable bonds is 5. The van der Waals surface area contributed by atoms with Crippen molar-refractivity contribution in [3.05, 3.63) is 29.8 Å². The van der Waals surface area contributed by atoms with E-state index in [1.54, 1.807) is 6.92 Å². The quantitative estimate of drug-likeness (QED) is 0.871. The number of carbonyl (C=O) groups is 1. The van der Waals surface area contributed by atoms with Gasteiger partial charge in [0.15, 0.2) is 9.84 Å². The van der Waals surface area contributed by atoms with Crippen LogP contribution in [0.25, 0.3) is 0 Å². The van der Waals surface area contributed by atoms with Crippen LogP contribution in [-0.4, -0.2) is 32.2 Å². The van der Waals surface area contributed by atoms with E-state index in [4.69, 9.17) is 0 Å². The van der Waals surface area contributed by atoms with Crippen molar-refractivity contribution in [3.8, 4) is 5.75 Å². The lowest BCUT2D eigenvalue weighted by Crippen LogP contribution is -2.28. The van der Waals surface area contributed by atoms with Gasteiger partial charge in [0.05, 0.1) is 17.5 Å². The fourth-order valence-electron chi connectivity index (χ4n) is 2.64. The van der Waals surface area contributed by atoms with Crippen LogP contribution >= 0.6 is 0 Å². The van der Waals surface area contributed by atoms with Crippen molar-refractivity contribution in [2.45, 2.75) is 32.2 Å². The molecule has 0 saturated carbocycles. The average molecular weight is 365 g/mol. The highest BCUT2D eigenvalue weighted by atomic mass is 32.2. The maximum Gasteiger partial charge on any atom is 0.573 e. The molecule has 9 heteroatoms. The molecule has 0 spiro atoms. The Balaban J connectivity index is 1.87. The fraction of sp³-hybridized carbons (Fsp3) is 0.533. The van der Waals surface area contributed by atoms with E-state index in [1.165, 1.54) is 24.3 Å². The Labute approximate surface area is 138 Å². The Bertz CT molecular complexity index is 686. The molecule has 5 nitrogen and oxygen atoms in total. The maximum atomic E-state index is 12.1. The van der Waals surface area contributed by atoms with E-state index in [0.717, 1.165) is 0 Å². The van der Waals surface area contributed by atoms with Crippen LogP contribution in [0.1, 0.15) is 31.4 Å². The fourth-order valence-corrected chi connectivity index (χ4v) is 4.50. The lowest BCUT2D eigenvalue weighted by Gasteiger charge is -2.16. The summed E-state index contributed by atoms with van der Waals surface area (Å²) in [6, 6.07) is 4.82. The zero-order valence-corrected chi connectivity index (χ0v) is 13.8. The standard InChI is InChI=1S/C15H18F3NO4S/c1-10(12-2-4-13(5-3-12)23-15(16,17)18)19-14(20)8-11-6-7-24(21,22)9-11/h2-5,10-11H,6-9H2,1H3,(H,19,20). The molecule has 24 heavy (non-hydrogen) atoms. The monoisotopic (exact) mass is 365 g/mol. The number of halogens is 3. The van der Waals surface area contributed by atoms with Crippen molar-refractivity contribution >= 4 is 15.7 Å². The van der Waals surface area contributed by atoms with Crippen molar-refractivity contribution in [1.82, 2.24) is 5.32 Å². The van der Waals surface area contributed by atoms with Crippen LogP contribution in [0.2, 0.25) is 0 Å². The lowest BCUT2D eigenvalue weighted by atomic mass is 10.0. The summed E-state index contributed by atoms with van der Waals surface area (Å²) in [7, 11) is -3.03. The van der Waals surface area contributed by atoms with Gasteiger partial charge in [-0.2, -0.15) is 0 Å². The molecular formula is C15H18F3NO4S. The SMILES string of the molecule is CC(NC(=O)CC1CCS(=O)(=O)C1)c1ccc(OC(F)(F)F)cc1. The Hall–Kier alpha value is -1.77. The van der Waals surface area contributed by atoms with Gasteiger partial charge >= 0.3 is 6.36 Å². The van der Waals surface area contributed by atoms with Crippen molar-refractivity contribution < 1.29 is 31.1 Å². The average Bonchev–Trinajstić information content (AvgIpc) is 2.76. The molecule has 134 valence electrons. The molecule has 1 aliphatic heterocycles. The van der Waals surface area contributed by atoms with Gasteiger partial charge in [0.2, 0.25) is 5.91 Å². The summed E-state index contributed by atoms with van der Waals surface area (Å²) in [6.45, 7) is 1.70. The van der Waals surface area contributed by atoms with Gasteiger partial charge in [-0.25, -0.2) is 8.42 Å². The zero-order valence-electron chi connectivity index (χ0n) is 13.0. The van der Waals surface area contributed by atoms with E-state index in [0.29, 0.717) is 12.0 Å². The summed E-state index contributed by atoms with van der Waals surface area (Å²) in [4.78, 5) is 12.0. The van der Waals surface area contributed by atoms with E-state index in [2.05, 4.69) is 10.1 Å². The molecule has 1 fully saturated rings. The first-order valence-electron chi connectivity index (χ1n) is 7.39. The predicted molar refractivity (Wildman–Crippen MR) is 81.1 cm³/mol. The summed E-state index contributed by atoms with van der Waals surface area (Å²) in [6.07, 6.45) is -4.14. The Morgan fingerprint density at radius 1 is 1.33 bits per heavy atom. The number of amides is 1. The van der Waals surface area contributed by atoms with Crippen molar-refractivity contribution in [3.63, 3.8) is 0 Å². The topological polar surface area (TPSA) is 72.5 Å². The van der Waals surface area contributed by atoms with Crippen LogP contribution in [0, 0.1) is 5.92 Å². The second kappa shape index (κ2) is 7.00. The van der Waals surface area contributed by atoms with Gasteiger partial charge in [0, 0.05) is 6.42 Å². The number of carbonyl (C=O) groups excluding carboxylic acids is 1. The smallest absolute Gasteiger partial charge is 0.406 e. The first-order chi connectivity index (χ1) is 11.0. The normalized spacial score (nSPS) is 21.2. The van der Waals surface area contributed by atoms with Crippen LogP contribution in [0.4, 0.5) is 13.2 Å². The van der Waals surface area contributed by atoms with Crippen molar-refractivity contribution in [1.29, 1.82) is 0 Å². The second-order valence-corrected chi connectivity index (χ2v) is 8.11. The lowest BCUT2D eigenvalue weighted by molar-refractivity contribution is -0.274. The van der Waals surface area contributed by atoms with Crippen molar-refractivity contribution in [2.75, 3.05) is 11.5 Å². The molecule has 2 rings (SSSR count). The summed E-state index contributed by atoms with van der Waals surface area (Å²) in [5.74, 6) is -0.648. The third-order valence-electron chi connectivity index (χ3n) is 3.79. The van der Waals surface area contributed by atoms with E-state index < -0.39 is 22.2 Å². The van der Waals surface area contributed by atoms with E-state index in [-0.39, 0.29) is 35.5 Å². The number of sulfone groups is 1. The predicted octanol–water partition coefficient (Wildman–Crippen LogP) is 2.59. The van der Waals surface area contributed by atoms with E-state index in [9.17, 15) is 26.4 Å². The molecule has 2 atom stereocenters. The van der Waals surface area contributed by atoms with Crippen molar-refractivity contribution in [2.24, 2.45) is 5.92 Å².